The van der Waals surface area contributed by atoms with Crippen LogP contribution in [0.15, 0.2) is 30.5 Å². The fourth-order valence-corrected chi connectivity index (χ4v) is 1.87. The van der Waals surface area contributed by atoms with Crippen LogP contribution in [-0.4, -0.2) is 15.8 Å². The number of aryl methyl sites for hydroxylation is 3. The molecule has 0 amide bonds. The van der Waals surface area contributed by atoms with Crippen LogP contribution in [0.1, 0.15) is 33.0 Å². The highest BCUT2D eigenvalue weighted by Crippen LogP contribution is 2.13. The van der Waals surface area contributed by atoms with E-state index in [2.05, 4.69) is 22.1 Å². The smallest absolute Gasteiger partial charge is 0.185 e. The standard InChI is InChI=1S/C15H16N2O/c1-10-4-5-11(2)13(8-10)9-15(18)14-6-7-16-12(3)17-14/h4-8H,9H2,1-3H3. The Morgan fingerprint density at radius 1 is 1.17 bits per heavy atom. The van der Waals surface area contributed by atoms with E-state index in [9.17, 15) is 4.79 Å². The third-order valence-corrected chi connectivity index (χ3v) is 2.92. The first kappa shape index (κ1) is 12.4. The molecule has 3 heteroatoms. The van der Waals surface area contributed by atoms with Gasteiger partial charge >= 0.3 is 0 Å². The number of Topliss-reactive ketones (excluding diaryl/α,β-unsaturated/α-hetero) is 1. The number of nitrogens with zero attached hydrogens (tertiary/aromatic N) is 2. The first-order valence-corrected chi connectivity index (χ1v) is 5.95. The molecule has 2 aromatic rings. The predicted molar refractivity (Wildman–Crippen MR) is 70.7 cm³/mol. The average molecular weight is 240 g/mol. The van der Waals surface area contributed by atoms with Gasteiger partial charge in [0, 0.05) is 12.6 Å². The van der Waals surface area contributed by atoms with Crippen molar-refractivity contribution in [3.8, 4) is 0 Å². The summed E-state index contributed by atoms with van der Waals surface area (Å²) >= 11 is 0. The van der Waals surface area contributed by atoms with Crippen molar-refractivity contribution in [2.24, 2.45) is 0 Å². The van der Waals surface area contributed by atoms with E-state index in [-0.39, 0.29) is 5.78 Å². The summed E-state index contributed by atoms with van der Waals surface area (Å²) in [7, 11) is 0. The van der Waals surface area contributed by atoms with Crippen molar-refractivity contribution < 1.29 is 4.79 Å². The van der Waals surface area contributed by atoms with E-state index in [1.165, 1.54) is 5.56 Å². The van der Waals surface area contributed by atoms with E-state index in [4.69, 9.17) is 0 Å². The van der Waals surface area contributed by atoms with Gasteiger partial charge in [0.1, 0.15) is 11.5 Å². The summed E-state index contributed by atoms with van der Waals surface area (Å²) in [5, 5.41) is 0. The Bertz CT molecular complexity index is 591. The molecule has 0 atom stereocenters. The summed E-state index contributed by atoms with van der Waals surface area (Å²) in [6, 6.07) is 7.82. The highest BCUT2D eigenvalue weighted by Gasteiger charge is 2.10. The molecule has 0 spiro atoms. The zero-order chi connectivity index (χ0) is 13.1. The van der Waals surface area contributed by atoms with Crippen LogP contribution in [0, 0.1) is 20.8 Å². The van der Waals surface area contributed by atoms with Crippen LogP contribution in [0.2, 0.25) is 0 Å². The molecule has 0 aliphatic carbocycles. The molecule has 1 aromatic carbocycles. The lowest BCUT2D eigenvalue weighted by molar-refractivity contribution is 0.0987. The third-order valence-electron chi connectivity index (χ3n) is 2.92. The summed E-state index contributed by atoms with van der Waals surface area (Å²) in [4.78, 5) is 20.3. The summed E-state index contributed by atoms with van der Waals surface area (Å²) in [5.74, 6) is 0.663. The molecule has 92 valence electrons. The van der Waals surface area contributed by atoms with Gasteiger partial charge in [0.2, 0.25) is 0 Å². The summed E-state index contributed by atoms with van der Waals surface area (Å²) in [6.07, 6.45) is 2.02. The molecule has 3 nitrogen and oxygen atoms in total. The maximum Gasteiger partial charge on any atom is 0.185 e. The minimum absolute atomic E-state index is 0.0363. The second-order valence-electron chi connectivity index (χ2n) is 4.52. The van der Waals surface area contributed by atoms with Gasteiger partial charge in [-0.25, -0.2) is 9.97 Å². The van der Waals surface area contributed by atoms with Crippen LogP contribution in [-0.2, 0) is 6.42 Å². The Labute approximate surface area is 107 Å². The van der Waals surface area contributed by atoms with Gasteiger partial charge in [-0.15, -0.1) is 0 Å². The van der Waals surface area contributed by atoms with Crippen molar-refractivity contribution in [1.82, 2.24) is 9.97 Å². The molecular formula is C15H16N2O. The van der Waals surface area contributed by atoms with Crippen LogP contribution in [0.5, 0.6) is 0 Å². The van der Waals surface area contributed by atoms with Crippen molar-refractivity contribution in [3.63, 3.8) is 0 Å². The van der Waals surface area contributed by atoms with E-state index in [0.29, 0.717) is 17.9 Å². The second-order valence-corrected chi connectivity index (χ2v) is 4.52. The van der Waals surface area contributed by atoms with Crippen LogP contribution < -0.4 is 0 Å². The topological polar surface area (TPSA) is 42.9 Å². The Balaban J connectivity index is 2.24. The molecule has 0 N–H and O–H groups in total. The number of ketones is 1. The number of aromatic nitrogens is 2. The minimum Gasteiger partial charge on any atom is -0.292 e. The minimum atomic E-state index is 0.0363. The zero-order valence-electron chi connectivity index (χ0n) is 10.9. The molecule has 0 fully saturated rings. The first-order valence-electron chi connectivity index (χ1n) is 5.95. The predicted octanol–water partition coefficient (Wildman–Crippen LogP) is 2.83. The van der Waals surface area contributed by atoms with Gasteiger partial charge in [0.05, 0.1) is 0 Å². The van der Waals surface area contributed by atoms with Gasteiger partial charge in [-0.3, -0.25) is 4.79 Å². The maximum atomic E-state index is 12.1. The fraction of sp³-hybridized carbons (Fsp3) is 0.267. The molecule has 0 bridgehead atoms. The summed E-state index contributed by atoms with van der Waals surface area (Å²) in [6.45, 7) is 5.84. The van der Waals surface area contributed by atoms with E-state index >= 15 is 0 Å². The molecule has 18 heavy (non-hydrogen) atoms. The Morgan fingerprint density at radius 3 is 2.67 bits per heavy atom. The van der Waals surface area contributed by atoms with E-state index in [1.54, 1.807) is 19.2 Å². The molecule has 0 saturated carbocycles. The highest BCUT2D eigenvalue weighted by atomic mass is 16.1. The number of hydrogen-bond acceptors (Lipinski definition) is 3. The first-order chi connectivity index (χ1) is 8.56. The number of carbonyl (C=O) groups is 1. The average Bonchev–Trinajstić information content (AvgIpc) is 2.34. The molecular weight excluding hydrogens is 224 g/mol. The number of benzene rings is 1. The van der Waals surface area contributed by atoms with E-state index in [0.717, 1.165) is 11.1 Å². The summed E-state index contributed by atoms with van der Waals surface area (Å²) in [5.41, 5.74) is 3.86. The van der Waals surface area contributed by atoms with Crippen molar-refractivity contribution in [3.05, 3.63) is 58.7 Å². The van der Waals surface area contributed by atoms with E-state index < -0.39 is 0 Å². The van der Waals surface area contributed by atoms with Gasteiger partial charge in [-0.2, -0.15) is 0 Å². The van der Waals surface area contributed by atoms with Gasteiger partial charge in [0.15, 0.2) is 5.78 Å². The third kappa shape index (κ3) is 2.80. The van der Waals surface area contributed by atoms with Gasteiger partial charge in [0.25, 0.3) is 0 Å². The molecule has 1 aromatic heterocycles. The lowest BCUT2D eigenvalue weighted by Crippen LogP contribution is -2.08. The van der Waals surface area contributed by atoms with Crippen molar-refractivity contribution >= 4 is 5.78 Å². The molecule has 0 radical (unpaired) electrons. The molecule has 0 saturated heterocycles. The quantitative estimate of drug-likeness (QED) is 0.775. The van der Waals surface area contributed by atoms with E-state index in [1.807, 2.05) is 19.9 Å². The summed E-state index contributed by atoms with van der Waals surface area (Å²) < 4.78 is 0. The molecule has 0 unspecified atom stereocenters. The molecule has 2 rings (SSSR count). The number of hydrogen-bond donors (Lipinski definition) is 0. The Kier molecular flexibility index (Phi) is 3.51. The molecule has 0 aliphatic heterocycles. The normalized spacial score (nSPS) is 10.4. The molecule has 0 aliphatic rings. The lowest BCUT2D eigenvalue weighted by atomic mass is 10.00. The zero-order valence-corrected chi connectivity index (χ0v) is 10.9. The van der Waals surface area contributed by atoms with Crippen LogP contribution in [0.25, 0.3) is 0 Å². The lowest BCUT2D eigenvalue weighted by Gasteiger charge is -2.06. The fourth-order valence-electron chi connectivity index (χ4n) is 1.87. The number of rotatable bonds is 3. The number of carbonyl (C=O) groups excluding carboxylic acids is 1. The van der Waals surface area contributed by atoms with Crippen LogP contribution in [0.3, 0.4) is 0 Å². The van der Waals surface area contributed by atoms with Gasteiger partial charge < -0.3 is 0 Å². The van der Waals surface area contributed by atoms with Crippen molar-refractivity contribution in [2.45, 2.75) is 27.2 Å². The second kappa shape index (κ2) is 5.08. The largest absolute Gasteiger partial charge is 0.292 e. The molecule has 1 heterocycles. The van der Waals surface area contributed by atoms with Crippen LogP contribution in [0.4, 0.5) is 0 Å². The maximum absolute atomic E-state index is 12.1. The van der Waals surface area contributed by atoms with Crippen molar-refractivity contribution in [2.75, 3.05) is 0 Å². The Hall–Kier alpha value is -2.03. The monoisotopic (exact) mass is 240 g/mol. The van der Waals surface area contributed by atoms with Crippen LogP contribution >= 0.6 is 0 Å². The SMILES string of the molecule is Cc1ccc(C)c(CC(=O)c2ccnc(C)n2)c1. The Morgan fingerprint density at radius 2 is 1.94 bits per heavy atom. The highest BCUT2D eigenvalue weighted by molar-refractivity contribution is 5.95. The van der Waals surface area contributed by atoms with Crippen molar-refractivity contribution in [1.29, 1.82) is 0 Å². The van der Waals surface area contributed by atoms with Gasteiger partial charge in [-0.1, -0.05) is 23.8 Å². The van der Waals surface area contributed by atoms with Gasteiger partial charge in [-0.05, 0) is 38.0 Å².